The highest BCUT2D eigenvalue weighted by Gasteiger charge is 2.35. The van der Waals surface area contributed by atoms with Crippen molar-refractivity contribution in [1.29, 1.82) is 0 Å². The standard InChI is InChI=1S/C11H15N3OS/c1-11(12-10(16)14(2)13-11)8-5-4-6-9(7-8)15-3/h4-7,13H,1-3H3,(H,12,16)/t11-/m0/s1. The van der Waals surface area contributed by atoms with Crippen LogP contribution in [0.3, 0.4) is 0 Å². The van der Waals surface area contributed by atoms with Gasteiger partial charge in [0.15, 0.2) is 5.11 Å². The summed E-state index contributed by atoms with van der Waals surface area (Å²) in [6.45, 7) is 2.04. The highest BCUT2D eigenvalue weighted by atomic mass is 32.1. The minimum atomic E-state index is -0.375. The molecule has 0 bridgehead atoms. The molecule has 4 nitrogen and oxygen atoms in total. The van der Waals surface area contributed by atoms with E-state index in [9.17, 15) is 0 Å². The third-order valence-corrected chi connectivity index (χ3v) is 3.08. The highest BCUT2D eigenvalue weighted by Crippen LogP contribution is 2.25. The molecule has 1 fully saturated rings. The molecule has 0 radical (unpaired) electrons. The van der Waals surface area contributed by atoms with Gasteiger partial charge in [-0.2, -0.15) is 0 Å². The molecule has 0 aromatic heterocycles. The molecule has 0 unspecified atom stereocenters. The topological polar surface area (TPSA) is 36.5 Å². The van der Waals surface area contributed by atoms with Gasteiger partial charge >= 0.3 is 0 Å². The summed E-state index contributed by atoms with van der Waals surface area (Å²) in [4.78, 5) is 0. The summed E-state index contributed by atoms with van der Waals surface area (Å²) < 4.78 is 5.21. The fourth-order valence-electron chi connectivity index (χ4n) is 1.78. The first-order valence-electron chi connectivity index (χ1n) is 5.03. The highest BCUT2D eigenvalue weighted by molar-refractivity contribution is 7.80. The largest absolute Gasteiger partial charge is 0.497 e. The number of methoxy groups -OCH3 is 1. The zero-order chi connectivity index (χ0) is 11.8. The van der Waals surface area contributed by atoms with Gasteiger partial charge in [-0.15, -0.1) is 0 Å². The lowest BCUT2D eigenvalue weighted by Gasteiger charge is -2.25. The molecule has 1 aromatic rings. The first kappa shape index (κ1) is 11.2. The quantitative estimate of drug-likeness (QED) is 0.756. The molecule has 1 heterocycles. The van der Waals surface area contributed by atoms with Crippen molar-refractivity contribution >= 4 is 17.3 Å². The van der Waals surface area contributed by atoms with Crippen molar-refractivity contribution in [2.45, 2.75) is 12.6 Å². The van der Waals surface area contributed by atoms with Crippen LogP contribution in [-0.4, -0.2) is 24.3 Å². The molecular formula is C11H15N3OS. The number of thiocarbonyl (C=S) groups is 1. The van der Waals surface area contributed by atoms with E-state index in [2.05, 4.69) is 10.7 Å². The number of nitrogens with zero attached hydrogens (tertiary/aromatic N) is 1. The maximum atomic E-state index is 5.21. The van der Waals surface area contributed by atoms with E-state index in [1.165, 1.54) is 0 Å². The predicted molar refractivity (Wildman–Crippen MR) is 67.0 cm³/mol. The van der Waals surface area contributed by atoms with E-state index in [1.807, 2.05) is 38.2 Å². The van der Waals surface area contributed by atoms with E-state index in [-0.39, 0.29) is 5.66 Å². The number of hydrogen-bond donors (Lipinski definition) is 2. The third kappa shape index (κ3) is 1.83. The number of hydrazine groups is 1. The summed E-state index contributed by atoms with van der Waals surface area (Å²) in [6, 6.07) is 7.90. The molecule has 1 aliphatic rings. The number of ether oxygens (including phenoxy) is 1. The molecule has 1 aliphatic heterocycles. The van der Waals surface area contributed by atoms with Crippen LogP contribution in [0, 0.1) is 0 Å². The van der Waals surface area contributed by atoms with E-state index in [1.54, 1.807) is 12.1 Å². The number of benzene rings is 1. The van der Waals surface area contributed by atoms with Crippen LogP contribution in [0.1, 0.15) is 12.5 Å². The first-order chi connectivity index (χ1) is 7.55. The maximum Gasteiger partial charge on any atom is 0.185 e. The Labute approximate surface area is 101 Å². The van der Waals surface area contributed by atoms with Gasteiger partial charge in [0.05, 0.1) is 7.11 Å². The van der Waals surface area contributed by atoms with Crippen molar-refractivity contribution in [1.82, 2.24) is 15.8 Å². The molecule has 0 amide bonds. The second-order valence-electron chi connectivity index (χ2n) is 3.96. The normalized spacial score (nSPS) is 24.4. The Balaban J connectivity index is 2.33. The lowest BCUT2D eigenvalue weighted by Crippen LogP contribution is -2.44. The fraction of sp³-hybridized carbons (Fsp3) is 0.364. The molecule has 16 heavy (non-hydrogen) atoms. The summed E-state index contributed by atoms with van der Waals surface area (Å²) in [7, 11) is 3.55. The summed E-state index contributed by atoms with van der Waals surface area (Å²) in [6.07, 6.45) is 0. The lowest BCUT2D eigenvalue weighted by molar-refractivity contribution is 0.265. The number of nitrogens with one attached hydrogen (secondary N) is 2. The van der Waals surface area contributed by atoms with E-state index in [0.717, 1.165) is 11.3 Å². The molecule has 0 aliphatic carbocycles. The van der Waals surface area contributed by atoms with E-state index < -0.39 is 0 Å². The Morgan fingerprint density at radius 1 is 1.44 bits per heavy atom. The van der Waals surface area contributed by atoms with E-state index in [4.69, 9.17) is 17.0 Å². The van der Waals surface area contributed by atoms with Gasteiger partial charge in [-0.05, 0) is 36.8 Å². The predicted octanol–water partition coefficient (Wildman–Crippen LogP) is 1.19. The SMILES string of the molecule is COc1cccc([C@@]2(C)NC(=S)N(C)N2)c1. The Hall–Kier alpha value is -1.33. The Morgan fingerprint density at radius 3 is 2.75 bits per heavy atom. The average molecular weight is 237 g/mol. The van der Waals surface area contributed by atoms with Crippen molar-refractivity contribution in [2.24, 2.45) is 0 Å². The zero-order valence-electron chi connectivity index (χ0n) is 9.57. The average Bonchev–Trinajstić information content (AvgIpc) is 2.54. The van der Waals surface area contributed by atoms with Crippen LogP contribution in [0.25, 0.3) is 0 Å². The van der Waals surface area contributed by atoms with Gasteiger partial charge < -0.3 is 10.1 Å². The Kier molecular flexibility index (Phi) is 2.73. The minimum Gasteiger partial charge on any atom is -0.497 e. The molecule has 2 N–H and O–H groups in total. The van der Waals surface area contributed by atoms with E-state index >= 15 is 0 Å². The van der Waals surface area contributed by atoms with Crippen LogP contribution in [0.15, 0.2) is 24.3 Å². The molecule has 0 spiro atoms. The molecular weight excluding hydrogens is 222 g/mol. The third-order valence-electron chi connectivity index (χ3n) is 2.70. The second kappa shape index (κ2) is 3.92. The minimum absolute atomic E-state index is 0.375. The van der Waals surface area contributed by atoms with Gasteiger partial charge in [-0.3, -0.25) is 5.01 Å². The van der Waals surface area contributed by atoms with Crippen LogP contribution < -0.4 is 15.5 Å². The smallest absolute Gasteiger partial charge is 0.185 e. The summed E-state index contributed by atoms with van der Waals surface area (Å²) in [5.41, 5.74) is 3.98. The first-order valence-corrected chi connectivity index (χ1v) is 5.44. The summed E-state index contributed by atoms with van der Waals surface area (Å²) in [5.74, 6) is 0.836. The van der Waals surface area contributed by atoms with Gasteiger partial charge in [-0.25, -0.2) is 5.43 Å². The summed E-state index contributed by atoms with van der Waals surface area (Å²) >= 11 is 5.17. The van der Waals surface area contributed by atoms with Gasteiger partial charge in [0, 0.05) is 7.05 Å². The van der Waals surface area contributed by atoms with Crippen LogP contribution >= 0.6 is 12.2 Å². The second-order valence-corrected chi connectivity index (χ2v) is 4.34. The van der Waals surface area contributed by atoms with Crippen molar-refractivity contribution in [3.8, 4) is 5.75 Å². The van der Waals surface area contributed by atoms with Crippen LogP contribution in [0.4, 0.5) is 0 Å². The maximum absolute atomic E-state index is 5.21. The van der Waals surface area contributed by atoms with Crippen molar-refractivity contribution in [3.63, 3.8) is 0 Å². The van der Waals surface area contributed by atoms with Crippen LogP contribution in [0.5, 0.6) is 5.75 Å². The number of hydrogen-bond acceptors (Lipinski definition) is 3. The molecule has 1 aromatic carbocycles. The molecule has 86 valence electrons. The molecule has 1 atom stereocenters. The van der Waals surface area contributed by atoms with Crippen LogP contribution in [-0.2, 0) is 5.66 Å². The van der Waals surface area contributed by atoms with Crippen molar-refractivity contribution < 1.29 is 4.74 Å². The summed E-state index contributed by atoms with van der Waals surface area (Å²) in [5, 5.41) is 5.72. The van der Waals surface area contributed by atoms with Crippen LogP contribution in [0.2, 0.25) is 0 Å². The molecule has 5 heteroatoms. The lowest BCUT2D eigenvalue weighted by atomic mass is 10.0. The molecule has 1 saturated heterocycles. The van der Waals surface area contributed by atoms with Gasteiger partial charge in [0.1, 0.15) is 11.4 Å². The fourth-order valence-corrected chi connectivity index (χ4v) is 2.03. The monoisotopic (exact) mass is 237 g/mol. The number of rotatable bonds is 2. The van der Waals surface area contributed by atoms with Gasteiger partial charge in [-0.1, -0.05) is 12.1 Å². The van der Waals surface area contributed by atoms with Gasteiger partial charge in [0.2, 0.25) is 0 Å². The van der Waals surface area contributed by atoms with Crippen molar-refractivity contribution in [3.05, 3.63) is 29.8 Å². The Morgan fingerprint density at radius 2 is 2.19 bits per heavy atom. The Bertz CT molecular complexity index is 423. The molecule has 0 saturated carbocycles. The van der Waals surface area contributed by atoms with Gasteiger partial charge in [0.25, 0.3) is 0 Å². The zero-order valence-corrected chi connectivity index (χ0v) is 10.4. The molecule has 2 rings (SSSR count). The van der Waals surface area contributed by atoms with E-state index in [0.29, 0.717) is 5.11 Å². The van der Waals surface area contributed by atoms with Crippen molar-refractivity contribution in [2.75, 3.05) is 14.2 Å².